The average Bonchev–Trinajstić information content (AvgIpc) is 2.39. The van der Waals surface area contributed by atoms with Gasteiger partial charge in [0.25, 0.3) is 0 Å². The lowest BCUT2D eigenvalue weighted by Gasteiger charge is -2.16. The van der Waals surface area contributed by atoms with Crippen LogP contribution < -0.4 is 11.3 Å². The Morgan fingerprint density at radius 3 is 2.72 bits per heavy atom. The molecule has 4 nitrogen and oxygen atoms in total. The van der Waals surface area contributed by atoms with Crippen LogP contribution in [0.4, 0.5) is 0 Å². The van der Waals surface area contributed by atoms with E-state index in [0.717, 1.165) is 23.4 Å². The van der Waals surface area contributed by atoms with Gasteiger partial charge >= 0.3 is 0 Å². The van der Waals surface area contributed by atoms with Crippen molar-refractivity contribution in [3.63, 3.8) is 0 Å². The van der Waals surface area contributed by atoms with E-state index in [2.05, 4.69) is 5.43 Å². The topological polar surface area (TPSA) is 56.5 Å². The van der Waals surface area contributed by atoms with Crippen molar-refractivity contribution in [3.05, 3.63) is 34.9 Å². The zero-order valence-corrected chi connectivity index (χ0v) is 11.5. The Morgan fingerprint density at radius 1 is 1.28 bits per heavy atom. The summed E-state index contributed by atoms with van der Waals surface area (Å²) in [7, 11) is 1.66. The molecule has 3 N–H and O–H groups in total. The second-order valence-electron chi connectivity index (χ2n) is 4.05. The molecule has 1 rings (SSSR count). The maximum absolute atomic E-state index is 6.11. The van der Waals surface area contributed by atoms with Gasteiger partial charge in [-0.2, -0.15) is 0 Å². The predicted molar refractivity (Wildman–Crippen MR) is 73.6 cm³/mol. The number of nitrogens with one attached hydrogen (secondary N) is 1. The van der Waals surface area contributed by atoms with E-state index in [1.807, 2.05) is 24.3 Å². The number of hydrogen-bond acceptors (Lipinski definition) is 4. The molecule has 0 bridgehead atoms. The summed E-state index contributed by atoms with van der Waals surface area (Å²) in [6.07, 6.45) is 1.63. The zero-order valence-electron chi connectivity index (χ0n) is 10.7. The zero-order chi connectivity index (χ0) is 13.2. The lowest BCUT2D eigenvalue weighted by Crippen LogP contribution is -2.37. The Kier molecular flexibility index (Phi) is 7.96. The highest BCUT2D eigenvalue weighted by Gasteiger charge is 2.09. The molecule has 0 heterocycles. The van der Waals surface area contributed by atoms with E-state index in [-0.39, 0.29) is 6.04 Å². The van der Waals surface area contributed by atoms with Gasteiger partial charge in [0.2, 0.25) is 0 Å². The third kappa shape index (κ3) is 5.80. The number of methoxy groups -OCH3 is 1. The average molecular weight is 273 g/mol. The van der Waals surface area contributed by atoms with Crippen molar-refractivity contribution in [1.82, 2.24) is 5.43 Å². The van der Waals surface area contributed by atoms with Gasteiger partial charge in [0.15, 0.2) is 0 Å². The first-order valence-electron chi connectivity index (χ1n) is 6.04. The highest BCUT2D eigenvalue weighted by Crippen LogP contribution is 2.17. The fourth-order valence-electron chi connectivity index (χ4n) is 1.64. The normalized spacial score (nSPS) is 12.6. The highest BCUT2D eigenvalue weighted by atomic mass is 35.5. The second-order valence-corrected chi connectivity index (χ2v) is 4.46. The van der Waals surface area contributed by atoms with Crippen molar-refractivity contribution in [1.29, 1.82) is 0 Å². The van der Waals surface area contributed by atoms with Crippen molar-refractivity contribution < 1.29 is 9.47 Å². The summed E-state index contributed by atoms with van der Waals surface area (Å²) < 4.78 is 10.3. The Bertz CT molecular complexity index is 337. The number of nitrogens with two attached hydrogens (primary N) is 1. The van der Waals surface area contributed by atoms with Crippen LogP contribution in [0.5, 0.6) is 0 Å². The molecular weight excluding hydrogens is 252 g/mol. The quantitative estimate of drug-likeness (QED) is 0.409. The van der Waals surface area contributed by atoms with Crippen LogP contribution in [0.1, 0.15) is 12.0 Å². The first-order valence-corrected chi connectivity index (χ1v) is 6.42. The smallest absolute Gasteiger partial charge is 0.0700 e. The van der Waals surface area contributed by atoms with Crippen molar-refractivity contribution >= 4 is 11.6 Å². The Labute approximate surface area is 113 Å². The molecule has 0 aliphatic heterocycles. The van der Waals surface area contributed by atoms with Gasteiger partial charge in [-0.15, -0.1) is 0 Å². The molecule has 0 radical (unpaired) electrons. The summed E-state index contributed by atoms with van der Waals surface area (Å²) in [6.45, 7) is 1.88. The van der Waals surface area contributed by atoms with Crippen LogP contribution in [0.3, 0.4) is 0 Å². The van der Waals surface area contributed by atoms with Crippen LogP contribution in [-0.2, 0) is 15.9 Å². The fourth-order valence-corrected chi connectivity index (χ4v) is 1.86. The lowest BCUT2D eigenvalue weighted by molar-refractivity contribution is 0.0658. The van der Waals surface area contributed by atoms with E-state index in [0.29, 0.717) is 19.8 Å². The molecule has 0 aromatic heterocycles. The van der Waals surface area contributed by atoms with Crippen LogP contribution >= 0.6 is 11.6 Å². The van der Waals surface area contributed by atoms with Gasteiger partial charge in [0.1, 0.15) is 0 Å². The first kappa shape index (κ1) is 15.4. The monoisotopic (exact) mass is 272 g/mol. The maximum Gasteiger partial charge on any atom is 0.0700 e. The minimum absolute atomic E-state index is 0.160. The SMILES string of the molecule is COCCOCCC(Cc1ccccc1Cl)NN. The molecule has 0 amide bonds. The summed E-state index contributed by atoms with van der Waals surface area (Å²) in [4.78, 5) is 0. The Morgan fingerprint density at radius 2 is 2.06 bits per heavy atom. The van der Waals surface area contributed by atoms with E-state index in [4.69, 9.17) is 26.9 Å². The Hall–Kier alpha value is -0.650. The molecule has 1 aromatic carbocycles. The van der Waals surface area contributed by atoms with Crippen molar-refractivity contribution in [2.75, 3.05) is 26.9 Å². The van der Waals surface area contributed by atoms with Gasteiger partial charge < -0.3 is 9.47 Å². The van der Waals surface area contributed by atoms with Crippen LogP contribution in [0.25, 0.3) is 0 Å². The number of rotatable bonds is 9. The standard InChI is InChI=1S/C13H21ClN2O2/c1-17-8-9-18-7-6-12(16-15)10-11-4-2-3-5-13(11)14/h2-5,12,16H,6-10,15H2,1H3. The molecule has 0 spiro atoms. The van der Waals surface area contributed by atoms with Gasteiger partial charge in [-0.25, -0.2) is 0 Å². The molecule has 102 valence electrons. The molecule has 0 saturated carbocycles. The molecule has 1 atom stereocenters. The molecule has 0 aliphatic carbocycles. The van der Waals surface area contributed by atoms with Gasteiger partial charge in [-0.1, -0.05) is 29.8 Å². The third-order valence-electron chi connectivity index (χ3n) is 2.70. The van der Waals surface area contributed by atoms with Gasteiger partial charge in [0.05, 0.1) is 13.2 Å². The maximum atomic E-state index is 6.11. The summed E-state index contributed by atoms with van der Waals surface area (Å²) in [6, 6.07) is 7.96. The van der Waals surface area contributed by atoms with E-state index >= 15 is 0 Å². The molecule has 0 aliphatic rings. The minimum atomic E-state index is 0.160. The highest BCUT2D eigenvalue weighted by molar-refractivity contribution is 6.31. The fraction of sp³-hybridized carbons (Fsp3) is 0.538. The van der Waals surface area contributed by atoms with Crippen LogP contribution in [-0.4, -0.2) is 33.0 Å². The molecule has 1 unspecified atom stereocenters. The lowest BCUT2D eigenvalue weighted by atomic mass is 10.0. The van der Waals surface area contributed by atoms with E-state index in [9.17, 15) is 0 Å². The van der Waals surface area contributed by atoms with E-state index in [1.54, 1.807) is 7.11 Å². The number of hydrazine groups is 1. The molecule has 0 saturated heterocycles. The molecule has 0 fully saturated rings. The van der Waals surface area contributed by atoms with Gasteiger partial charge in [-0.3, -0.25) is 11.3 Å². The van der Waals surface area contributed by atoms with Gasteiger partial charge in [-0.05, 0) is 24.5 Å². The number of halogens is 1. The molecule has 1 aromatic rings. The summed E-state index contributed by atoms with van der Waals surface area (Å²) in [5.41, 5.74) is 3.90. The van der Waals surface area contributed by atoms with Crippen molar-refractivity contribution in [2.45, 2.75) is 18.9 Å². The predicted octanol–water partition coefficient (Wildman–Crippen LogP) is 1.77. The Balaban J connectivity index is 2.31. The molecule has 18 heavy (non-hydrogen) atoms. The summed E-state index contributed by atoms with van der Waals surface area (Å²) in [5, 5.41) is 0.776. The van der Waals surface area contributed by atoms with Crippen molar-refractivity contribution in [3.8, 4) is 0 Å². The van der Waals surface area contributed by atoms with E-state index in [1.165, 1.54) is 0 Å². The summed E-state index contributed by atoms with van der Waals surface area (Å²) >= 11 is 6.11. The van der Waals surface area contributed by atoms with Crippen LogP contribution in [0.15, 0.2) is 24.3 Å². The van der Waals surface area contributed by atoms with Gasteiger partial charge in [0, 0.05) is 24.8 Å². The second kappa shape index (κ2) is 9.30. The van der Waals surface area contributed by atoms with Crippen LogP contribution in [0.2, 0.25) is 5.02 Å². The number of ether oxygens (including phenoxy) is 2. The molecular formula is C13H21ClN2O2. The third-order valence-corrected chi connectivity index (χ3v) is 3.07. The molecule has 5 heteroatoms. The van der Waals surface area contributed by atoms with Crippen LogP contribution in [0, 0.1) is 0 Å². The van der Waals surface area contributed by atoms with Crippen molar-refractivity contribution in [2.24, 2.45) is 5.84 Å². The van der Waals surface area contributed by atoms with E-state index < -0.39 is 0 Å². The first-order chi connectivity index (χ1) is 8.77. The largest absolute Gasteiger partial charge is 0.382 e. The number of benzene rings is 1. The minimum Gasteiger partial charge on any atom is -0.382 e. The number of hydrogen-bond donors (Lipinski definition) is 2. The summed E-state index contributed by atoms with van der Waals surface area (Å²) in [5.74, 6) is 5.54.